The van der Waals surface area contributed by atoms with Gasteiger partial charge in [0.15, 0.2) is 0 Å². The minimum absolute atomic E-state index is 0.192. The van der Waals surface area contributed by atoms with Crippen LogP contribution >= 0.6 is 0 Å². The summed E-state index contributed by atoms with van der Waals surface area (Å²) in [5.41, 5.74) is 0.762. The van der Waals surface area contributed by atoms with Gasteiger partial charge in [0.2, 0.25) is 0 Å². The van der Waals surface area contributed by atoms with E-state index in [0.29, 0.717) is 0 Å². The minimum Gasteiger partial charge on any atom is -0.444 e. The molecule has 0 bridgehead atoms. The van der Waals surface area contributed by atoms with E-state index in [0.717, 1.165) is 32.5 Å². The number of likely N-dealkylation sites (tertiary alicyclic amines) is 1. The fraction of sp³-hybridized carbons (Fsp3) is 0.647. The molecular weight excluding hydrogens is 278 g/mol. The van der Waals surface area contributed by atoms with Gasteiger partial charge in [-0.05, 0) is 57.7 Å². The third-order valence-corrected chi connectivity index (χ3v) is 3.71. The molecule has 2 heterocycles. The quantitative estimate of drug-likeness (QED) is 0.929. The van der Waals surface area contributed by atoms with Crippen LogP contribution in [-0.4, -0.2) is 40.7 Å². The van der Waals surface area contributed by atoms with Crippen LogP contribution in [-0.2, 0) is 11.3 Å². The molecule has 0 spiro atoms. The van der Waals surface area contributed by atoms with E-state index in [1.54, 1.807) is 12.4 Å². The van der Waals surface area contributed by atoms with E-state index in [4.69, 9.17) is 4.74 Å². The van der Waals surface area contributed by atoms with Crippen molar-refractivity contribution in [2.24, 2.45) is 0 Å². The number of hydrogen-bond acceptors (Lipinski definition) is 4. The van der Waals surface area contributed by atoms with Crippen molar-refractivity contribution in [3.63, 3.8) is 0 Å². The monoisotopic (exact) mass is 305 g/mol. The largest absolute Gasteiger partial charge is 0.444 e. The first-order chi connectivity index (χ1) is 10.5. The average Bonchev–Trinajstić information content (AvgIpc) is 2.47. The van der Waals surface area contributed by atoms with E-state index in [1.165, 1.54) is 12.0 Å². The number of nitrogens with zero attached hydrogens (tertiary/aromatic N) is 2. The molecular formula is C17H27N3O2. The molecule has 0 unspecified atom stereocenters. The molecule has 2 rings (SSSR count). The van der Waals surface area contributed by atoms with Gasteiger partial charge in [0, 0.05) is 38.1 Å². The summed E-state index contributed by atoms with van der Waals surface area (Å²) in [4.78, 5) is 18.2. The molecule has 1 fully saturated rings. The zero-order valence-electron chi connectivity index (χ0n) is 13.8. The van der Waals surface area contributed by atoms with Gasteiger partial charge < -0.3 is 15.0 Å². The predicted molar refractivity (Wildman–Crippen MR) is 86.5 cm³/mol. The maximum atomic E-state index is 12.3. The Morgan fingerprint density at radius 3 is 2.77 bits per heavy atom. The van der Waals surface area contributed by atoms with E-state index in [-0.39, 0.29) is 12.1 Å². The first kappa shape index (κ1) is 16.7. The van der Waals surface area contributed by atoms with Crippen LogP contribution in [0.2, 0.25) is 0 Å². The molecule has 1 amide bonds. The number of nitrogens with one attached hydrogen (secondary N) is 1. The van der Waals surface area contributed by atoms with Crippen molar-refractivity contribution >= 4 is 6.09 Å². The summed E-state index contributed by atoms with van der Waals surface area (Å²) < 4.78 is 5.52. The molecule has 122 valence electrons. The first-order valence-corrected chi connectivity index (χ1v) is 8.05. The topological polar surface area (TPSA) is 54.5 Å². The third-order valence-electron chi connectivity index (χ3n) is 3.71. The Morgan fingerprint density at radius 2 is 2.09 bits per heavy atom. The summed E-state index contributed by atoms with van der Waals surface area (Å²) in [6.07, 6.45) is 6.65. The molecule has 1 N–H and O–H groups in total. The number of carbonyl (C=O) groups excluding carboxylic acids is 1. The zero-order valence-corrected chi connectivity index (χ0v) is 13.8. The van der Waals surface area contributed by atoms with Gasteiger partial charge in [-0.1, -0.05) is 0 Å². The van der Waals surface area contributed by atoms with Crippen molar-refractivity contribution < 1.29 is 9.53 Å². The number of piperidine rings is 1. The van der Waals surface area contributed by atoms with Gasteiger partial charge >= 0.3 is 6.09 Å². The number of aromatic nitrogens is 1. The van der Waals surface area contributed by atoms with Crippen molar-refractivity contribution in [2.75, 3.05) is 13.1 Å². The van der Waals surface area contributed by atoms with Gasteiger partial charge in [0.05, 0.1) is 0 Å². The van der Waals surface area contributed by atoms with Gasteiger partial charge in [-0.3, -0.25) is 4.98 Å². The molecule has 0 aliphatic carbocycles. The Balaban J connectivity index is 1.85. The molecule has 1 atom stereocenters. The number of amides is 1. The maximum absolute atomic E-state index is 12.3. The van der Waals surface area contributed by atoms with Crippen molar-refractivity contribution in [3.8, 4) is 0 Å². The molecule has 1 saturated heterocycles. The van der Waals surface area contributed by atoms with E-state index in [9.17, 15) is 4.79 Å². The number of carbonyl (C=O) groups is 1. The third kappa shape index (κ3) is 5.30. The van der Waals surface area contributed by atoms with E-state index in [1.807, 2.05) is 37.8 Å². The Kier molecular flexibility index (Phi) is 5.77. The fourth-order valence-corrected chi connectivity index (χ4v) is 2.66. The molecule has 0 aromatic carbocycles. The van der Waals surface area contributed by atoms with Crippen LogP contribution in [0.5, 0.6) is 0 Å². The highest BCUT2D eigenvalue weighted by Gasteiger charge is 2.30. The Hall–Kier alpha value is -1.62. The zero-order chi connectivity index (χ0) is 16.0. The Morgan fingerprint density at radius 1 is 1.36 bits per heavy atom. The van der Waals surface area contributed by atoms with Crippen molar-refractivity contribution in [1.82, 2.24) is 15.2 Å². The van der Waals surface area contributed by atoms with Crippen molar-refractivity contribution in [1.29, 1.82) is 0 Å². The standard InChI is InChI=1S/C17H27N3O2/c1-17(2,3)22-16(21)20-11-5-4-6-15(20)13-19-12-14-7-9-18-10-8-14/h7-10,15,19H,4-6,11-13H2,1-3H3/t15-/m0/s1. The van der Waals surface area contributed by atoms with Crippen LogP contribution in [0, 0.1) is 0 Å². The second-order valence-corrected chi connectivity index (χ2v) is 6.81. The summed E-state index contributed by atoms with van der Waals surface area (Å²) in [6, 6.07) is 4.21. The van der Waals surface area contributed by atoms with E-state index < -0.39 is 5.60 Å². The normalized spacial score (nSPS) is 19.0. The molecule has 22 heavy (non-hydrogen) atoms. The lowest BCUT2D eigenvalue weighted by molar-refractivity contribution is 0.00993. The molecule has 1 aromatic heterocycles. The molecule has 1 aliphatic rings. The molecule has 0 radical (unpaired) electrons. The van der Waals surface area contributed by atoms with Gasteiger partial charge in [-0.15, -0.1) is 0 Å². The first-order valence-electron chi connectivity index (χ1n) is 8.05. The lowest BCUT2D eigenvalue weighted by Crippen LogP contribution is -2.50. The average molecular weight is 305 g/mol. The maximum Gasteiger partial charge on any atom is 0.410 e. The van der Waals surface area contributed by atoms with Crippen molar-refractivity contribution in [3.05, 3.63) is 30.1 Å². The van der Waals surface area contributed by atoms with Gasteiger partial charge in [0.25, 0.3) is 0 Å². The summed E-state index contributed by atoms with van der Waals surface area (Å²) in [7, 11) is 0. The molecule has 1 aromatic rings. The summed E-state index contributed by atoms with van der Waals surface area (Å²) in [5, 5.41) is 3.44. The lowest BCUT2D eigenvalue weighted by atomic mass is 10.0. The molecule has 5 nitrogen and oxygen atoms in total. The Labute approximate surface area is 133 Å². The highest BCUT2D eigenvalue weighted by Crippen LogP contribution is 2.20. The van der Waals surface area contributed by atoms with E-state index >= 15 is 0 Å². The summed E-state index contributed by atoms with van der Waals surface area (Å²) >= 11 is 0. The minimum atomic E-state index is -0.441. The van der Waals surface area contributed by atoms with Crippen LogP contribution < -0.4 is 5.32 Å². The summed E-state index contributed by atoms with van der Waals surface area (Å²) in [5.74, 6) is 0. The molecule has 1 aliphatic heterocycles. The molecule has 5 heteroatoms. The number of hydrogen-bond donors (Lipinski definition) is 1. The fourth-order valence-electron chi connectivity index (χ4n) is 2.66. The predicted octanol–water partition coefficient (Wildman–Crippen LogP) is 2.96. The Bertz CT molecular complexity index is 471. The second-order valence-electron chi connectivity index (χ2n) is 6.81. The highest BCUT2D eigenvalue weighted by atomic mass is 16.6. The van der Waals surface area contributed by atoms with Crippen LogP contribution in [0.1, 0.15) is 45.6 Å². The van der Waals surface area contributed by atoms with Crippen molar-refractivity contribution in [2.45, 2.75) is 58.2 Å². The van der Waals surface area contributed by atoms with Crippen LogP contribution in [0.4, 0.5) is 4.79 Å². The smallest absolute Gasteiger partial charge is 0.410 e. The summed E-state index contributed by atoms with van der Waals surface area (Å²) in [6.45, 7) is 8.10. The van der Waals surface area contributed by atoms with Crippen LogP contribution in [0.15, 0.2) is 24.5 Å². The van der Waals surface area contributed by atoms with Crippen LogP contribution in [0.3, 0.4) is 0 Å². The van der Waals surface area contributed by atoms with Gasteiger partial charge in [-0.25, -0.2) is 4.79 Å². The van der Waals surface area contributed by atoms with Gasteiger partial charge in [-0.2, -0.15) is 0 Å². The number of ether oxygens (including phenoxy) is 1. The van der Waals surface area contributed by atoms with E-state index in [2.05, 4.69) is 10.3 Å². The second kappa shape index (κ2) is 7.58. The lowest BCUT2D eigenvalue weighted by Gasteiger charge is -2.37. The number of pyridine rings is 1. The van der Waals surface area contributed by atoms with Gasteiger partial charge in [0.1, 0.15) is 5.60 Å². The number of rotatable bonds is 4. The molecule has 0 saturated carbocycles. The SMILES string of the molecule is CC(C)(C)OC(=O)N1CCCC[C@H]1CNCc1ccncc1. The van der Waals surface area contributed by atoms with Crippen LogP contribution in [0.25, 0.3) is 0 Å². The highest BCUT2D eigenvalue weighted by molar-refractivity contribution is 5.68.